The maximum absolute atomic E-state index is 11.5. The summed E-state index contributed by atoms with van der Waals surface area (Å²) in [6.45, 7) is 6.36. The zero-order valence-electron chi connectivity index (χ0n) is 14.7. The van der Waals surface area contributed by atoms with Crippen LogP contribution in [0.5, 0.6) is 0 Å². The summed E-state index contributed by atoms with van der Waals surface area (Å²) in [6.07, 6.45) is 0. The lowest BCUT2D eigenvalue weighted by Gasteiger charge is -2.19. The molecule has 0 aliphatic rings. The van der Waals surface area contributed by atoms with Crippen LogP contribution >= 0.6 is 0 Å². The van der Waals surface area contributed by atoms with E-state index in [9.17, 15) is 10.1 Å². The fraction of sp³-hybridized carbons (Fsp3) is 0.182. The number of rotatable bonds is 4. The van der Waals surface area contributed by atoms with Crippen molar-refractivity contribution in [1.29, 1.82) is 0 Å². The molecule has 0 spiro atoms. The van der Waals surface area contributed by atoms with Gasteiger partial charge in [0.15, 0.2) is 0 Å². The average Bonchev–Trinajstić information content (AvgIpc) is 2.61. The maximum Gasteiger partial charge on any atom is 0.277 e. The van der Waals surface area contributed by atoms with Crippen LogP contribution in [0, 0.1) is 17.0 Å². The van der Waals surface area contributed by atoms with Gasteiger partial charge < -0.3 is 0 Å². The van der Waals surface area contributed by atoms with Crippen LogP contribution in [0.4, 0.5) is 5.69 Å². The Hall–Kier alpha value is -2.94. The van der Waals surface area contributed by atoms with E-state index in [-0.39, 0.29) is 16.5 Å². The van der Waals surface area contributed by atoms with E-state index in [0.717, 1.165) is 16.7 Å². The summed E-state index contributed by atoms with van der Waals surface area (Å²) in [5, 5.41) is 11.5. The van der Waals surface area contributed by atoms with Gasteiger partial charge in [-0.05, 0) is 46.7 Å². The molecule has 0 aliphatic carbocycles. The molecule has 0 aliphatic heterocycles. The van der Waals surface area contributed by atoms with Crippen LogP contribution in [0.25, 0.3) is 22.3 Å². The second kappa shape index (κ2) is 6.89. The van der Waals surface area contributed by atoms with E-state index in [2.05, 4.69) is 39.0 Å². The van der Waals surface area contributed by atoms with Gasteiger partial charge in [-0.15, -0.1) is 0 Å². The molecule has 0 saturated carbocycles. The minimum Gasteiger partial charge on any atom is -0.258 e. The standard InChI is InChI=1S/C22H21NO2/c1-15(2)22-19(17-10-5-4-9-16(17)3)12-8-13-20(22)18-11-6-7-14-21(18)23(24)25/h4-15H,1-3H3. The summed E-state index contributed by atoms with van der Waals surface area (Å²) < 4.78 is 0. The Labute approximate surface area is 148 Å². The molecule has 0 N–H and O–H groups in total. The molecule has 3 aromatic carbocycles. The molecule has 0 bridgehead atoms. The van der Waals surface area contributed by atoms with Crippen molar-refractivity contribution in [2.45, 2.75) is 26.7 Å². The molecule has 126 valence electrons. The third-order valence-electron chi connectivity index (χ3n) is 4.51. The number of benzene rings is 3. The highest BCUT2D eigenvalue weighted by atomic mass is 16.6. The summed E-state index contributed by atoms with van der Waals surface area (Å²) in [7, 11) is 0. The predicted octanol–water partition coefficient (Wildman–Crippen LogP) is 6.36. The largest absolute Gasteiger partial charge is 0.277 e. The van der Waals surface area contributed by atoms with Crippen LogP contribution in [0.1, 0.15) is 30.9 Å². The fourth-order valence-corrected chi connectivity index (χ4v) is 3.39. The predicted molar refractivity (Wildman–Crippen MR) is 103 cm³/mol. The zero-order valence-corrected chi connectivity index (χ0v) is 14.7. The van der Waals surface area contributed by atoms with Gasteiger partial charge in [0.2, 0.25) is 0 Å². The third-order valence-corrected chi connectivity index (χ3v) is 4.51. The van der Waals surface area contributed by atoms with E-state index in [4.69, 9.17) is 0 Å². The van der Waals surface area contributed by atoms with Crippen molar-refractivity contribution in [2.24, 2.45) is 0 Å². The molecule has 3 heteroatoms. The van der Waals surface area contributed by atoms with E-state index >= 15 is 0 Å². The number of aryl methyl sites for hydroxylation is 1. The van der Waals surface area contributed by atoms with Crippen LogP contribution in [0.15, 0.2) is 66.7 Å². The highest BCUT2D eigenvalue weighted by Gasteiger charge is 2.21. The highest BCUT2D eigenvalue weighted by Crippen LogP contribution is 2.40. The van der Waals surface area contributed by atoms with Gasteiger partial charge >= 0.3 is 0 Å². The van der Waals surface area contributed by atoms with Gasteiger partial charge in [0.1, 0.15) is 0 Å². The van der Waals surface area contributed by atoms with E-state index < -0.39 is 0 Å². The van der Waals surface area contributed by atoms with Crippen molar-refractivity contribution >= 4 is 5.69 Å². The average molecular weight is 331 g/mol. The molecule has 0 radical (unpaired) electrons. The van der Waals surface area contributed by atoms with Gasteiger partial charge in [0.25, 0.3) is 5.69 Å². The number of nitro benzene ring substituents is 1. The summed E-state index contributed by atoms with van der Waals surface area (Å²) in [5.74, 6) is 0.241. The lowest BCUT2D eigenvalue weighted by atomic mass is 9.84. The fourth-order valence-electron chi connectivity index (χ4n) is 3.39. The minimum absolute atomic E-state index is 0.145. The quantitative estimate of drug-likeness (QED) is 0.412. The van der Waals surface area contributed by atoms with E-state index in [1.54, 1.807) is 12.1 Å². The van der Waals surface area contributed by atoms with E-state index in [1.165, 1.54) is 11.1 Å². The van der Waals surface area contributed by atoms with Crippen molar-refractivity contribution in [3.05, 3.63) is 88.0 Å². The Bertz CT molecular complexity index is 929. The Morgan fingerprint density at radius 3 is 1.88 bits per heavy atom. The number of hydrogen-bond donors (Lipinski definition) is 0. The molecule has 3 nitrogen and oxygen atoms in total. The normalized spacial score (nSPS) is 10.9. The van der Waals surface area contributed by atoms with Crippen LogP contribution in [0.3, 0.4) is 0 Å². The number of hydrogen-bond acceptors (Lipinski definition) is 2. The first-order valence-electron chi connectivity index (χ1n) is 8.43. The van der Waals surface area contributed by atoms with Gasteiger partial charge in [-0.1, -0.05) is 68.4 Å². The molecule has 0 aromatic heterocycles. The maximum atomic E-state index is 11.5. The Balaban J connectivity index is 2.32. The molecule has 0 saturated heterocycles. The second-order valence-corrected chi connectivity index (χ2v) is 6.51. The van der Waals surface area contributed by atoms with Crippen molar-refractivity contribution in [3.63, 3.8) is 0 Å². The van der Waals surface area contributed by atoms with Crippen molar-refractivity contribution in [3.8, 4) is 22.3 Å². The topological polar surface area (TPSA) is 43.1 Å². The number of nitro groups is 1. The van der Waals surface area contributed by atoms with Crippen LogP contribution in [-0.2, 0) is 0 Å². The van der Waals surface area contributed by atoms with Crippen LogP contribution in [0.2, 0.25) is 0 Å². The van der Waals surface area contributed by atoms with Gasteiger partial charge in [0.05, 0.1) is 10.5 Å². The molecule has 0 amide bonds. The molecular formula is C22H21NO2. The first-order chi connectivity index (χ1) is 12.0. The molecule has 25 heavy (non-hydrogen) atoms. The van der Waals surface area contributed by atoms with Crippen molar-refractivity contribution in [1.82, 2.24) is 0 Å². The first kappa shape index (κ1) is 16.9. The number of para-hydroxylation sites is 1. The summed E-state index contributed by atoms with van der Waals surface area (Å²) in [6, 6.07) is 21.3. The van der Waals surface area contributed by atoms with Crippen molar-refractivity contribution < 1.29 is 4.92 Å². The second-order valence-electron chi connectivity index (χ2n) is 6.51. The lowest BCUT2D eigenvalue weighted by molar-refractivity contribution is -0.384. The Kier molecular flexibility index (Phi) is 4.66. The van der Waals surface area contributed by atoms with Gasteiger partial charge in [0, 0.05) is 6.07 Å². The number of nitrogens with zero attached hydrogens (tertiary/aromatic N) is 1. The van der Waals surface area contributed by atoms with E-state index in [1.807, 2.05) is 36.4 Å². The Morgan fingerprint density at radius 2 is 1.28 bits per heavy atom. The van der Waals surface area contributed by atoms with Gasteiger partial charge in [-0.25, -0.2) is 0 Å². The van der Waals surface area contributed by atoms with Crippen molar-refractivity contribution in [2.75, 3.05) is 0 Å². The van der Waals surface area contributed by atoms with Gasteiger partial charge in [-0.3, -0.25) is 10.1 Å². The molecule has 0 heterocycles. The monoisotopic (exact) mass is 331 g/mol. The SMILES string of the molecule is Cc1ccccc1-c1cccc(-c2ccccc2[N+](=O)[O-])c1C(C)C. The van der Waals surface area contributed by atoms with Crippen LogP contribution < -0.4 is 0 Å². The third kappa shape index (κ3) is 3.18. The molecular weight excluding hydrogens is 310 g/mol. The van der Waals surface area contributed by atoms with Crippen LogP contribution in [-0.4, -0.2) is 4.92 Å². The summed E-state index contributed by atoms with van der Waals surface area (Å²) in [4.78, 5) is 11.2. The minimum atomic E-state index is -0.306. The smallest absolute Gasteiger partial charge is 0.258 e. The summed E-state index contributed by atoms with van der Waals surface area (Å²) >= 11 is 0. The molecule has 0 atom stereocenters. The zero-order chi connectivity index (χ0) is 18.0. The highest BCUT2D eigenvalue weighted by molar-refractivity contribution is 5.84. The molecule has 3 aromatic rings. The van der Waals surface area contributed by atoms with E-state index in [0.29, 0.717) is 5.56 Å². The molecule has 0 unspecified atom stereocenters. The molecule has 3 rings (SSSR count). The lowest BCUT2D eigenvalue weighted by Crippen LogP contribution is -2.00. The van der Waals surface area contributed by atoms with Gasteiger partial charge in [-0.2, -0.15) is 0 Å². The Morgan fingerprint density at radius 1 is 0.760 bits per heavy atom. The molecule has 0 fully saturated rings. The summed E-state index contributed by atoms with van der Waals surface area (Å²) in [5.41, 5.74) is 6.41. The first-order valence-corrected chi connectivity index (χ1v) is 8.43.